The molecule has 0 aromatic rings. The molecule has 6 nitrogen and oxygen atoms in total. The van der Waals surface area contributed by atoms with Crippen molar-refractivity contribution in [2.45, 2.75) is 149 Å². The van der Waals surface area contributed by atoms with E-state index in [1.54, 1.807) is 0 Å². The minimum atomic E-state index is -0.665. The predicted molar refractivity (Wildman–Crippen MR) is 152 cm³/mol. The van der Waals surface area contributed by atoms with Crippen LogP contribution in [0.25, 0.3) is 0 Å². The Morgan fingerprint density at radius 2 is 1.11 bits per heavy atom. The molecule has 6 heteroatoms. The lowest BCUT2D eigenvalue weighted by molar-refractivity contribution is -0.129. The van der Waals surface area contributed by atoms with Gasteiger partial charge < -0.3 is 16.0 Å². The first kappa shape index (κ1) is 34.1. The smallest absolute Gasteiger partial charge is 0.242 e. The third-order valence-corrected chi connectivity index (χ3v) is 6.42. The number of carbonyl (C=O) groups excluding carboxylic acids is 3. The molecule has 0 aromatic heterocycles. The highest BCUT2D eigenvalue weighted by molar-refractivity contribution is 5.88. The summed E-state index contributed by atoms with van der Waals surface area (Å²) >= 11 is 0. The molecule has 36 heavy (non-hydrogen) atoms. The zero-order valence-corrected chi connectivity index (χ0v) is 23.8. The fourth-order valence-corrected chi connectivity index (χ4v) is 4.02. The molecule has 0 unspecified atom stereocenters. The molecule has 0 fully saturated rings. The van der Waals surface area contributed by atoms with Gasteiger partial charge in [-0.25, -0.2) is 0 Å². The molecule has 0 heterocycles. The van der Waals surface area contributed by atoms with Crippen LogP contribution in [0.4, 0.5) is 0 Å². The highest BCUT2D eigenvalue weighted by Crippen LogP contribution is 2.11. The van der Waals surface area contributed by atoms with Gasteiger partial charge in [0.25, 0.3) is 0 Å². The minimum Gasteiger partial charge on any atom is -0.356 e. The van der Waals surface area contributed by atoms with Crippen molar-refractivity contribution in [1.82, 2.24) is 16.0 Å². The Bertz CT molecular complexity index is 578. The largest absolute Gasteiger partial charge is 0.356 e. The van der Waals surface area contributed by atoms with Crippen molar-refractivity contribution in [2.24, 2.45) is 0 Å². The Hall–Kier alpha value is -1.85. The van der Waals surface area contributed by atoms with Crippen molar-refractivity contribution < 1.29 is 14.4 Å². The van der Waals surface area contributed by atoms with Crippen LogP contribution in [0.5, 0.6) is 0 Å². The lowest BCUT2D eigenvalue weighted by atomic mass is 10.1. The Labute approximate surface area is 222 Å². The molecule has 3 amide bonds. The van der Waals surface area contributed by atoms with E-state index in [1.807, 2.05) is 0 Å². The van der Waals surface area contributed by atoms with Gasteiger partial charge in [-0.05, 0) is 38.5 Å². The second kappa shape index (κ2) is 26.2. The fourth-order valence-electron chi connectivity index (χ4n) is 4.02. The molecule has 0 aliphatic carbocycles. The van der Waals surface area contributed by atoms with Crippen LogP contribution >= 0.6 is 0 Å². The number of allylic oxidation sites excluding steroid dienone is 2. The summed E-state index contributed by atoms with van der Waals surface area (Å²) in [5, 5.41) is 8.61. The van der Waals surface area contributed by atoms with Crippen LogP contribution in [0.2, 0.25) is 0 Å². The zero-order chi connectivity index (χ0) is 26.7. The summed E-state index contributed by atoms with van der Waals surface area (Å²) in [5.74, 6) is -0.408. The topological polar surface area (TPSA) is 87.3 Å². The highest BCUT2D eigenvalue weighted by Gasteiger charge is 2.21. The van der Waals surface area contributed by atoms with Crippen LogP contribution in [0.15, 0.2) is 12.2 Å². The first-order chi connectivity index (χ1) is 17.5. The van der Waals surface area contributed by atoms with Gasteiger partial charge in [0.15, 0.2) is 0 Å². The van der Waals surface area contributed by atoms with E-state index in [1.165, 1.54) is 64.2 Å². The van der Waals surface area contributed by atoms with Crippen molar-refractivity contribution in [3.63, 3.8) is 0 Å². The maximum absolute atomic E-state index is 12.6. The number of rotatable bonds is 25. The average Bonchev–Trinajstić information content (AvgIpc) is 2.87. The van der Waals surface area contributed by atoms with Crippen molar-refractivity contribution in [3.05, 3.63) is 12.2 Å². The lowest BCUT2D eigenvalue weighted by Gasteiger charge is -2.18. The van der Waals surface area contributed by atoms with Crippen LogP contribution in [0.1, 0.15) is 143 Å². The quantitative estimate of drug-likeness (QED) is 0.0945. The van der Waals surface area contributed by atoms with Gasteiger partial charge in [-0.1, -0.05) is 104 Å². The third-order valence-electron chi connectivity index (χ3n) is 6.42. The summed E-state index contributed by atoms with van der Waals surface area (Å²) in [5.41, 5.74) is 0. The van der Waals surface area contributed by atoms with Gasteiger partial charge in [-0.15, -0.1) is 0 Å². The molecule has 3 N–H and O–H groups in total. The zero-order valence-electron chi connectivity index (χ0n) is 23.8. The molecule has 210 valence electrons. The highest BCUT2D eigenvalue weighted by atomic mass is 16.2. The van der Waals surface area contributed by atoms with Crippen LogP contribution < -0.4 is 16.0 Å². The number of hydrogen-bond donors (Lipinski definition) is 3. The number of nitrogens with one attached hydrogen (secondary N) is 3. The van der Waals surface area contributed by atoms with Gasteiger partial charge in [0.05, 0.1) is 0 Å². The molecular formula is C30H57N3O3. The monoisotopic (exact) mass is 507 g/mol. The Balaban J connectivity index is 4.11. The Morgan fingerprint density at radius 3 is 1.72 bits per heavy atom. The number of carbonyl (C=O) groups is 3. The van der Waals surface area contributed by atoms with Crippen LogP contribution in [0.3, 0.4) is 0 Å². The second-order valence-electron chi connectivity index (χ2n) is 9.99. The first-order valence-corrected chi connectivity index (χ1v) is 15.0. The summed E-state index contributed by atoms with van der Waals surface area (Å²) in [4.78, 5) is 37.0. The van der Waals surface area contributed by atoms with Gasteiger partial charge in [0, 0.05) is 25.9 Å². The van der Waals surface area contributed by atoms with Crippen molar-refractivity contribution in [2.75, 3.05) is 13.1 Å². The van der Waals surface area contributed by atoms with E-state index < -0.39 is 6.04 Å². The average molecular weight is 508 g/mol. The van der Waals surface area contributed by atoms with Gasteiger partial charge in [-0.3, -0.25) is 14.4 Å². The molecule has 0 radical (unpaired) electrons. The molecule has 0 saturated carbocycles. The van der Waals surface area contributed by atoms with Gasteiger partial charge >= 0.3 is 0 Å². The summed E-state index contributed by atoms with van der Waals surface area (Å²) in [6, 6.07) is -0.665. The standard InChI is InChI=1S/C30H57N3O3/c1-4-7-10-11-12-13-14-15-16-17-18-19-20-21-22-29(35)33-27(30(36)32-26-9-6-3)23-24-28(34)31-25-8-5-2/h19-20,27H,4-18,21-26H2,1-3H3,(H,31,34)(H,32,36)(H,33,35)/b20-19+/t27-/m0/s1. The predicted octanol–water partition coefficient (Wildman–Crippen LogP) is 6.73. The molecule has 0 aromatic carbocycles. The van der Waals surface area contributed by atoms with Crippen LogP contribution in [0, 0.1) is 0 Å². The number of unbranched alkanes of at least 4 members (excludes halogenated alkanes) is 12. The third kappa shape index (κ3) is 22.6. The van der Waals surface area contributed by atoms with E-state index in [2.05, 4.69) is 48.9 Å². The maximum Gasteiger partial charge on any atom is 0.242 e. The Kier molecular flexibility index (Phi) is 24.9. The van der Waals surface area contributed by atoms with E-state index in [0.29, 0.717) is 32.4 Å². The SMILES string of the molecule is CCCCCCCCCCCC/C=C/CCC(=O)N[C@@H](CCC(=O)NCCCC)C(=O)NCCCC. The lowest BCUT2D eigenvalue weighted by Crippen LogP contribution is -2.47. The Morgan fingerprint density at radius 1 is 0.583 bits per heavy atom. The van der Waals surface area contributed by atoms with Crippen molar-refractivity contribution in [3.8, 4) is 0 Å². The van der Waals surface area contributed by atoms with Gasteiger partial charge in [0.1, 0.15) is 6.04 Å². The molecule has 1 atom stereocenters. The summed E-state index contributed by atoms with van der Waals surface area (Å²) in [6.07, 6.45) is 24.1. The molecule has 0 rings (SSSR count). The van der Waals surface area contributed by atoms with Gasteiger partial charge in [-0.2, -0.15) is 0 Å². The summed E-state index contributed by atoms with van der Waals surface area (Å²) < 4.78 is 0. The van der Waals surface area contributed by atoms with Gasteiger partial charge in [0.2, 0.25) is 17.7 Å². The molecule has 0 spiro atoms. The first-order valence-electron chi connectivity index (χ1n) is 15.0. The minimum absolute atomic E-state index is 0.0704. The van der Waals surface area contributed by atoms with Crippen molar-refractivity contribution >= 4 is 17.7 Å². The summed E-state index contributed by atoms with van der Waals surface area (Å²) in [6.45, 7) is 7.64. The van der Waals surface area contributed by atoms with E-state index >= 15 is 0 Å². The number of hydrogen-bond acceptors (Lipinski definition) is 3. The van der Waals surface area contributed by atoms with Crippen molar-refractivity contribution in [1.29, 1.82) is 0 Å². The molecule has 0 aliphatic heterocycles. The second-order valence-corrected chi connectivity index (χ2v) is 9.99. The molecule has 0 bridgehead atoms. The molecule has 0 aliphatic rings. The normalized spacial score (nSPS) is 12.0. The maximum atomic E-state index is 12.6. The molecular weight excluding hydrogens is 450 g/mol. The summed E-state index contributed by atoms with van der Waals surface area (Å²) in [7, 11) is 0. The fraction of sp³-hybridized carbons (Fsp3) is 0.833. The van der Waals surface area contributed by atoms with Crippen LogP contribution in [-0.2, 0) is 14.4 Å². The van der Waals surface area contributed by atoms with Crippen LogP contribution in [-0.4, -0.2) is 36.9 Å². The van der Waals surface area contributed by atoms with E-state index in [0.717, 1.165) is 32.1 Å². The van der Waals surface area contributed by atoms with E-state index in [9.17, 15) is 14.4 Å². The number of amides is 3. The molecule has 0 saturated heterocycles. The van der Waals surface area contributed by atoms with E-state index in [4.69, 9.17) is 0 Å². The van der Waals surface area contributed by atoms with E-state index in [-0.39, 0.29) is 24.1 Å².